The number of methoxy groups -OCH3 is 1. The van der Waals surface area contributed by atoms with Crippen molar-refractivity contribution < 1.29 is 14.1 Å². The molecular formula is C12H13N3O3. The van der Waals surface area contributed by atoms with Crippen LogP contribution in [0.3, 0.4) is 0 Å². The molecule has 2 rings (SSSR count). The Morgan fingerprint density at radius 3 is 2.89 bits per heavy atom. The van der Waals surface area contributed by atoms with E-state index in [9.17, 15) is 4.79 Å². The maximum atomic E-state index is 12.0. The van der Waals surface area contributed by atoms with Crippen LogP contribution < -0.4 is 15.8 Å². The molecule has 1 aromatic carbocycles. The molecule has 0 radical (unpaired) electrons. The number of aromatic nitrogens is 1. The Bertz CT molecular complexity index is 578. The van der Waals surface area contributed by atoms with Gasteiger partial charge >= 0.3 is 0 Å². The van der Waals surface area contributed by atoms with Crippen molar-refractivity contribution in [2.45, 2.75) is 6.92 Å². The predicted molar refractivity (Wildman–Crippen MR) is 66.6 cm³/mol. The summed E-state index contributed by atoms with van der Waals surface area (Å²) in [6.07, 6.45) is 0. The van der Waals surface area contributed by atoms with E-state index in [0.29, 0.717) is 17.0 Å². The highest BCUT2D eigenvalue weighted by Gasteiger charge is 2.14. The number of rotatable bonds is 3. The molecule has 94 valence electrons. The summed E-state index contributed by atoms with van der Waals surface area (Å²) >= 11 is 0. The number of nitrogens with two attached hydrogens (primary N) is 1. The Morgan fingerprint density at radius 1 is 1.50 bits per heavy atom. The van der Waals surface area contributed by atoms with Crippen LogP contribution in [0.15, 0.2) is 28.8 Å². The van der Waals surface area contributed by atoms with Gasteiger partial charge in [0.2, 0.25) is 5.88 Å². The first-order chi connectivity index (χ1) is 8.61. The summed E-state index contributed by atoms with van der Waals surface area (Å²) in [5.41, 5.74) is 7.11. The van der Waals surface area contributed by atoms with Crippen LogP contribution in [0.1, 0.15) is 16.1 Å². The van der Waals surface area contributed by atoms with Gasteiger partial charge in [-0.2, -0.15) is 0 Å². The molecule has 2 aromatic rings. The first-order valence-corrected chi connectivity index (χ1v) is 5.29. The Hall–Kier alpha value is -2.50. The van der Waals surface area contributed by atoms with Crippen LogP contribution in [0.5, 0.6) is 5.75 Å². The Labute approximate surface area is 104 Å². The van der Waals surface area contributed by atoms with Crippen molar-refractivity contribution in [1.29, 1.82) is 0 Å². The normalized spacial score (nSPS) is 10.1. The Morgan fingerprint density at radius 2 is 2.28 bits per heavy atom. The molecule has 0 saturated carbocycles. The molecule has 0 atom stereocenters. The molecule has 0 saturated heterocycles. The molecule has 3 N–H and O–H groups in total. The number of amides is 1. The largest absolute Gasteiger partial charge is 0.495 e. The van der Waals surface area contributed by atoms with Crippen LogP contribution in [0.2, 0.25) is 0 Å². The topological polar surface area (TPSA) is 90.4 Å². The highest BCUT2D eigenvalue weighted by atomic mass is 16.5. The smallest absolute Gasteiger partial charge is 0.260 e. The highest BCUT2D eigenvalue weighted by Crippen LogP contribution is 2.25. The lowest BCUT2D eigenvalue weighted by Crippen LogP contribution is -2.14. The van der Waals surface area contributed by atoms with E-state index < -0.39 is 0 Å². The average Bonchev–Trinajstić information content (AvgIpc) is 2.75. The maximum absolute atomic E-state index is 12.0. The lowest BCUT2D eigenvalue weighted by molar-refractivity contribution is 0.102. The van der Waals surface area contributed by atoms with E-state index in [1.807, 2.05) is 0 Å². The van der Waals surface area contributed by atoms with Gasteiger partial charge in [0.15, 0.2) is 0 Å². The van der Waals surface area contributed by atoms with Gasteiger partial charge in [0.25, 0.3) is 5.91 Å². The minimum absolute atomic E-state index is 0.278. The number of nitrogens with zero attached hydrogens (tertiary/aromatic N) is 1. The van der Waals surface area contributed by atoms with Gasteiger partial charge in [-0.15, -0.1) is 0 Å². The molecule has 0 aliphatic rings. The van der Waals surface area contributed by atoms with Crippen LogP contribution in [0.25, 0.3) is 0 Å². The van der Waals surface area contributed by atoms with Crippen LogP contribution in [0.4, 0.5) is 11.6 Å². The fourth-order valence-corrected chi connectivity index (χ4v) is 1.52. The van der Waals surface area contributed by atoms with E-state index >= 15 is 0 Å². The minimum atomic E-state index is -0.373. The number of anilines is 2. The molecule has 6 nitrogen and oxygen atoms in total. The molecular weight excluding hydrogens is 234 g/mol. The lowest BCUT2D eigenvalue weighted by Gasteiger charge is -2.08. The van der Waals surface area contributed by atoms with Crippen LogP contribution in [0, 0.1) is 6.92 Å². The number of benzene rings is 1. The summed E-state index contributed by atoms with van der Waals surface area (Å²) in [6.45, 7) is 1.76. The summed E-state index contributed by atoms with van der Waals surface area (Å²) in [5, 5.41) is 6.24. The zero-order valence-electron chi connectivity index (χ0n) is 10.1. The highest BCUT2D eigenvalue weighted by molar-refractivity contribution is 6.07. The summed E-state index contributed by atoms with van der Waals surface area (Å²) in [6, 6.07) is 6.60. The molecule has 0 fully saturated rings. The van der Waals surface area contributed by atoms with Gasteiger partial charge in [0.05, 0.1) is 24.1 Å². The first-order valence-electron chi connectivity index (χ1n) is 5.29. The second kappa shape index (κ2) is 4.79. The number of aryl methyl sites for hydroxylation is 1. The van der Waals surface area contributed by atoms with Crippen molar-refractivity contribution in [2.24, 2.45) is 0 Å². The lowest BCUT2D eigenvalue weighted by atomic mass is 10.1. The third kappa shape index (κ3) is 2.27. The zero-order valence-corrected chi connectivity index (χ0v) is 10.1. The molecule has 0 aliphatic heterocycles. The third-order valence-corrected chi connectivity index (χ3v) is 2.40. The average molecular weight is 247 g/mol. The molecule has 0 aliphatic carbocycles. The van der Waals surface area contributed by atoms with Crippen molar-refractivity contribution in [3.63, 3.8) is 0 Å². The molecule has 6 heteroatoms. The fraction of sp³-hybridized carbons (Fsp3) is 0.167. The zero-order chi connectivity index (χ0) is 13.1. The molecule has 0 bridgehead atoms. The van der Waals surface area contributed by atoms with Gasteiger partial charge in [-0.05, 0) is 19.1 Å². The maximum Gasteiger partial charge on any atom is 0.260 e. The minimum Gasteiger partial charge on any atom is -0.495 e. The number of hydrogen-bond donors (Lipinski definition) is 2. The van der Waals surface area contributed by atoms with E-state index in [1.54, 1.807) is 31.2 Å². The SMILES string of the molecule is COc1cccc(C(=O)Nc2cc(C)no2)c1N. The summed E-state index contributed by atoms with van der Waals surface area (Å²) in [7, 11) is 1.49. The first kappa shape index (κ1) is 12.0. The predicted octanol–water partition coefficient (Wildman–Crippen LogP) is 1.83. The van der Waals surface area contributed by atoms with Crippen LogP contribution in [-0.2, 0) is 0 Å². The van der Waals surface area contributed by atoms with Gasteiger partial charge < -0.3 is 15.0 Å². The Balaban J connectivity index is 2.24. The fourth-order valence-electron chi connectivity index (χ4n) is 1.52. The summed E-state index contributed by atoms with van der Waals surface area (Å²) < 4.78 is 9.95. The second-order valence-electron chi connectivity index (χ2n) is 3.71. The quantitative estimate of drug-likeness (QED) is 0.807. The van der Waals surface area contributed by atoms with Gasteiger partial charge in [0, 0.05) is 6.07 Å². The van der Waals surface area contributed by atoms with E-state index in [-0.39, 0.29) is 17.5 Å². The second-order valence-corrected chi connectivity index (χ2v) is 3.71. The number of carbonyl (C=O) groups is 1. The third-order valence-electron chi connectivity index (χ3n) is 2.40. The number of nitrogen functional groups attached to an aromatic ring is 1. The Kier molecular flexibility index (Phi) is 3.18. The van der Waals surface area contributed by atoms with Gasteiger partial charge in [-0.1, -0.05) is 11.2 Å². The van der Waals surface area contributed by atoms with Crippen molar-refractivity contribution in [1.82, 2.24) is 5.16 Å². The molecule has 18 heavy (non-hydrogen) atoms. The number of ether oxygens (including phenoxy) is 1. The summed E-state index contributed by atoms with van der Waals surface area (Å²) in [5.74, 6) is 0.360. The number of nitrogens with one attached hydrogen (secondary N) is 1. The molecule has 1 amide bonds. The number of para-hydroxylation sites is 1. The van der Waals surface area contributed by atoms with Crippen molar-refractivity contribution in [2.75, 3.05) is 18.2 Å². The summed E-state index contributed by atoms with van der Waals surface area (Å²) in [4.78, 5) is 12.0. The van der Waals surface area contributed by atoms with Gasteiger partial charge in [-0.25, -0.2) is 0 Å². The number of hydrogen-bond acceptors (Lipinski definition) is 5. The monoisotopic (exact) mass is 247 g/mol. The van der Waals surface area contributed by atoms with E-state index in [1.165, 1.54) is 7.11 Å². The molecule has 1 aromatic heterocycles. The number of carbonyl (C=O) groups excluding carboxylic acids is 1. The van der Waals surface area contributed by atoms with Crippen molar-refractivity contribution in [3.8, 4) is 5.75 Å². The van der Waals surface area contributed by atoms with Crippen molar-refractivity contribution in [3.05, 3.63) is 35.5 Å². The van der Waals surface area contributed by atoms with E-state index in [4.69, 9.17) is 15.0 Å². The van der Waals surface area contributed by atoms with Gasteiger partial charge in [-0.3, -0.25) is 10.1 Å². The van der Waals surface area contributed by atoms with Crippen LogP contribution in [-0.4, -0.2) is 18.2 Å². The molecule has 1 heterocycles. The standard InChI is InChI=1S/C12H13N3O3/c1-7-6-10(18-15-7)14-12(16)8-4-3-5-9(17-2)11(8)13/h3-6H,13H2,1-2H3,(H,14,16). The van der Waals surface area contributed by atoms with E-state index in [2.05, 4.69) is 10.5 Å². The molecule has 0 spiro atoms. The molecule has 0 unspecified atom stereocenters. The van der Waals surface area contributed by atoms with Crippen molar-refractivity contribution >= 4 is 17.5 Å². The van der Waals surface area contributed by atoms with Gasteiger partial charge in [0.1, 0.15) is 5.75 Å². The van der Waals surface area contributed by atoms with Crippen LogP contribution >= 0.6 is 0 Å². The van der Waals surface area contributed by atoms with E-state index in [0.717, 1.165) is 0 Å².